The predicted molar refractivity (Wildman–Crippen MR) is 74.8 cm³/mol. The third kappa shape index (κ3) is 1.89. The van der Waals surface area contributed by atoms with Gasteiger partial charge in [-0.1, -0.05) is 12.5 Å². The second kappa shape index (κ2) is 4.62. The Kier molecular flexibility index (Phi) is 3.50. The molecule has 1 saturated carbocycles. The molecule has 0 radical (unpaired) electrons. The predicted octanol–water partition coefficient (Wildman–Crippen LogP) is 3.45. The second-order valence-electron chi connectivity index (χ2n) is 5.05. The van der Waals surface area contributed by atoms with Crippen LogP contribution in [0.3, 0.4) is 0 Å². The van der Waals surface area contributed by atoms with Crippen LogP contribution < -0.4 is 10.5 Å². The minimum atomic E-state index is 0.145. The number of methoxy groups -OCH3 is 1. The molecule has 2 rings (SSSR count). The van der Waals surface area contributed by atoms with E-state index >= 15 is 0 Å². The molecule has 3 heteroatoms. The Bertz CT molecular complexity index is 433. The van der Waals surface area contributed by atoms with Crippen LogP contribution in [0.4, 0.5) is 0 Å². The first-order valence-electron chi connectivity index (χ1n) is 6.10. The third-order valence-corrected chi connectivity index (χ3v) is 5.16. The van der Waals surface area contributed by atoms with Crippen molar-refractivity contribution in [1.29, 1.82) is 0 Å². The third-order valence-electron chi connectivity index (χ3n) is 4.20. The molecule has 17 heavy (non-hydrogen) atoms. The molecule has 0 spiro atoms. The Morgan fingerprint density at radius 1 is 1.41 bits per heavy atom. The van der Waals surface area contributed by atoms with E-state index in [1.54, 1.807) is 7.11 Å². The maximum atomic E-state index is 5.99. The van der Waals surface area contributed by atoms with E-state index < -0.39 is 0 Å². The van der Waals surface area contributed by atoms with Gasteiger partial charge in [0.1, 0.15) is 5.75 Å². The fraction of sp³-hybridized carbons (Fsp3) is 0.571. The lowest BCUT2D eigenvalue weighted by molar-refractivity contribution is 0.243. The number of hydrogen-bond acceptors (Lipinski definition) is 2. The van der Waals surface area contributed by atoms with E-state index in [1.165, 1.54) is 36.0 Å². The first-order valence-corrected chi connectivity index (χ1v) is 6.89. The summed E-state index contributed by atoms with van der Waals surface area (Å²) in [5.74, 6) is 0.971. The average molecular weight is 298 g/mol. The molecule has 1 aliphatic carbocycles. The molecular formula is C14H20BrNO. The maximum Gasteiger partial charge on any atom is 0.137 e. The van der Waals surface area contributed by atoms with Crippen molar-refractivity contribution in [3.8, 4) is 5.75 Å². The fourth-order valence-corrected chi connectivity index (χ4v) is 3.32. The molecule has 0 aromatic heterocycles. The SMILES string of the molecule is COc1c(C2(CN)CCC2)cc(C)c(C)c1Br. The van der Waals surface area contributed by atoms with Crippen molar-refractivity contribution < 1.29 is 4.74 Å². The summed E-state index contributed by atoms with van der Waals surface area (Å²) < 4.78 is 6.67. The topological polar surface area (TPSA) is 35.2 Å². The summed E-state index contributed by atoms with van der Waals surface area (Å²) >= 11 is 3.65. The van der Waals surface area contributed by atoms with Crippen molar-refractivity contribution in [2.45, 2.75) is 38.5 Å². The summed E-state index contributed by atoms with van der Waals surface area (Å²) in [5, 5.41) is 0. The average Bonchev–Trinajstić information content (AvgIpc) is 2.26. The zero-order valence-electron chi connectivity index (χ0n) is 10.8. The highest BCUT2D eigenvalue weighted by Gasteiger charge is 2.40. The number of hydrogen-bond donors (Lipinski definition) is 1. The van der Waals surface area contributed by atoms with Gasteiger partial charge in [0.2, 0.25) is 0 Å². The van der Waals surface area contributed by atoms with E-state index in [9.17, 15) is 0 Å². The van der Waals surface area contributed by atoms with Gasteiger partial charge in [0, 0.05) is 17.5 Å². The van der Waals surface area contributed by atoms with Crippen molar-refractivity contribution in [1.82, 2.24) is 0 Å². The van der Waals surface area contributed by atoms with E-state index in [0.717, 1.165) is 10.2 Å². The molecule has 0 amide bonds. The molecule has 0 atom stereocenters. The molecule has 1 aliphatic rings. The van der Waals surface area contributed by atoms with Gasteiger partial charge in [-0.05, 0) is 53.7 Å². The fourth-order valence-electron chi connectivity index (χ4n) is 2.63. The quantitative estimate of drug-likeness (QED) is 0.927. The number of ether oxygens (including phenoxy) is 1. The highest BCUT2D eigenvalue weighted by molar-refractivity contribution is 9.10. The lowest BCUT2D eigenvalue weighted by atomic mass is 9.64. The van der Waals surface area contributed by atoms with Crippen LogP contribution in [0.25, 0.3) is 0 Å². The highest BCUT2D eigenvalue weighted by atomic mass is 79.9. The molecule has 2 nitrogen and oxygen atoms in total. The summed E-state index contributed by atoms with van der Waals surface area (Å²) in [6.45, 7) is 4.96. The Hall–Kier alpha value is -0.540. The normalized spacial score (nSPS) is 17.7. The van der Waals surface area contributed by atoms with Gasteiger partial charge in [-0.3, -0.25) is 0 Å². The van der Waals surface area contributed by atoms with Crippen LogP contribution in [0, 0.1) is 13.8 Å². The van der Waals surface area contributed by atoms with E-state index in [0.29, 0.717) is 6.54 Å². The van der Waals surface area contributed by atoms with Gasteiger partial charge in [0.15, 0.2) is 0 Å². The summed E-state index contributed by atoms with van der Waals surface area (Å²) in [7, 11) is 1.74. The van der Waals surface area contributed by atoms with Crippen LogP contribution >= 0.6 is 15.9 Å². The Balaban J connectivity index is 2.60. The number of halogens is 1. The van der Waals surface area contributed by atoms with Crippen molar-refractivity contribution in [2.75, 3.05) is 13.7 Å². The minimum Gasteiger partial charge on any atom is -0.495 e. The summed E-state index contributed by atoms with van der Waals surface area (Å²) in [6, 6.07) is 2.25. The minimum absolute atomic E-state index is 0.145. The molecule has 2 N–H and O–H groups in total. The molecule has 0 unspecified atom stereocenters. The van der Waals surface area contributed by atoms with Crippen molar-refractivity contribution in [2.24, 2.45) is 5.73 Å². The summed E-state index contributed by atoms with van der Waals surface area (Å²) in [5.41, 5.74) is 9.96. The van der Waals surface area contributed by atoms with Crippen LogP contribution in [0.5, 0.6) is 5.75 Å². The molecular weight excluding hydrogens is 278 g/mol. The highest BCUT2D eigenvalue weighted by Crippen LogP contribution is 2.49. The van der Waals surface area contributed by atoms with Crippen LogP contribution in [-0.4, -0.2) is 13.7 Å². The van der Waals surface area contributed by atoms with Gasteiger partial charge >= 0.3 is 0 Å². The van der Waals surface area contributed by atoms with Crippen LogP contribution in [-0.2, 0) is 5.41 Å². The van der Waals surface area contributed by atoms with Gasteiger partial charge in [0.05, 0.1) is 11.6 Å². The Labute approximate surface area is 112 Å². The van der Waals surface area contributed by atoms with Crippen LogP contribution in [0.15, 0.2) is 10.5 Å². The molecule has 0 bridgehead atoms. The molecule has 0 aliphatic heterocycles. The van der Waals surface area contributed by atoms with E-state index in [4.69, 9.17) is 10.5 Å². The van der Waals surface area contributed by atoms with Crippen molar-refractivity contribution in [3.63, 3.8) is 0 Å². The lowest BCUT2D eigenvalue weighted by Gasteiger charge is -2.42. The molecule has 0 heterocycles. The Morgan fingerprint density at radius 3 is 2.47 bits per heavy atom. The monoisotopic (exact) mass is 297 g/mol. The number of aryl methyl sites for hydroxylation is 1. The van der Waals surface area contributed by atoms with E-state index in [2.05, 4.69) is 35.8 Å². The summed E-state index contributed by atoms with van der Waals surface area (Å²) in [4.78, 5) is 0. The van der Waals surface area contributed by atoms with E-state index in [1.807, 2.05) is 0 Å². The summed E-state index contributed by atoms with van der Waals surface area (Å²) in [6.07, 6.45) is 3.62. The van der Waals surface area contributed by atoms with Gasteiger partial charge in [0.25, 0.3) is 0 Å². The zero-order chi connectivity index (χ0) is 12.6. The number of nitrogens with two attached hydrogens (primary N) is 1. The Morgan fingerprint density at radius 2 is 2.06 bits per heavy atom. The smallest absolute Gasteiger partial charge is 0.137 e. The van der Waals surface area contributed by atoms with E-state index in [-0.39, 0.29) is 5.41 Å². The number of rotatable bonds is 3. The molecule has 1 fully saturated rings. The molecule has 0 saturated heterocycles. The van der Waals surface area contributed by atoms with Gasteiger partial charge in [-0.2, -0.15) is 0 Å². The molecule has 1 aromatic carbocycles. The second-order valence-corrected chi connectivity index (χ2v) is 5.84. The van der Waals surface area contributed by atoms with Crippen LogP contribution in [0.2, 0.25) is 0 Å². The van der Waals surface area contributed by atoms with Crippen LogP contribution in [0.1, 0.15) is 36.0 Å². The lowest BCUT2D eigenvalue weighted by Crippen LogP contribution is -2.42. The van der Waals surface area contributed by atoms with Gasteiger partial charge in [-0.15, -0.1) is 0 Å². The number of benzene rings is 1. The molecule has 94 valence electrons. The maximum absolute atomic E-state index is 5.99. The van der Waals surface area contributed by atoms with Crippen molar-refractivity contribution >= 4 is 15.9 Å². The zero-order valence-corrected chi connectivity index (χ0v) is 12.4. The largest absolute Gasteiger partial charge is 0.495 e. The molecule has 1 aromatic rings. The van der Waals surface area contributed by atoms with Crippen molar-refractivity contribution in [3.05, 3.63) is 27.2 Å². The standard InChI is InChI=1S/C14H20BrNO/c1-9-7-11(14(8-16)5-4-6-14)13(17-3)12(15)10(9)2/h7H,4-6,8,16H2,1-3H3. The van der Waals surface area contributed by atoms with Gasteiger partial charge < -0.3 is 10.5 Å². The first kappa shape index (κ1) is 12.9. The van der Waals surface area contributed by atoms with Gasteiger partial charge in [-0.25, -0.2) is 0 Å². The first-order chi connectivity index (χ1) is 8.05.